The van der Waals surface area contributed by atoms with Crippen molar-refractivity contribution in [3.05, 3.63) is 101 Å². The van der Waals surface area contributed by atoms with Crippen molar-refractivity contribution in [2.75, 3.05) is 33.3 Å². The number of ketones is 2. The fourth-order valence-electron chi connectivity index (χ4n) is 5.05. The maximum Gasteiger partial charge on any atom is 0.196 e. The molecule has 162 valence electrons. The van der Waals surface area contributed by atoms with E-state index in [4.69, 9.17) is 4.74 Å². The highest BCUT2D eigenvalue weighted by Gasteiger charge is 2.58. The average Bonchev–Trinajstić information content (AvgIpc) is 3.08. The predicted octanol–water partition coefficient (Wildman–Crippen LogP) is 3.79. The smallest absolute Gasteiger partial charge is 0.196 e. The maximum atomic E-state index is 13.8. The van der Waals surface area contributed by atoms with E-state index in [1.54, 1.807) is 19.2 Å². The number of hydrogen-bond donors (Lipinski definition) is 0. The van der Waals surface area contributed by atoms with Crippen LogP contribution >= 0.6 is 0 Å². The molecule has 0 spiro atoms. The second-order valence-corrected chi connectivity index (χ2v) is 8.39. The summed E-state index contributed by atoms with van der Waals surface area (Å²) in [5, 5.41) is 0. The van der Waals surface area contributed by atoms with Gasteiger partial charge in [0.05, 0.1) is 7.11 Å². The first-order valence-electron chi connectivity index (χ1n) is 11.0. The summed E-state index contributed by atoms with van der Waals surface area (Å²) in [6, 6.07) is 24.8. The monoisotopic (exact) mass is 426 g/mol. The molecular weight excluding hydrogens is 400 g/mol. The van der Waals surface area contributed by atoms with Crippen LogP contribution in [0.5, 0.6) is 5.75 Å². The molecule has 32 heavy (non-hydrogen) atoms. The van der Waals surface area contributed by atoms with E-state index < -0.39 is 5.54 Å². The Balaban J connectivity index is 1.43. The number of ether oxygens (including phenoxy) is 1. The Hall–Kier alpha value is -3.28. The first kappa shape index (κ1) is 20.6. The summed E-state index contributed by atoms with van der Waals surface area (Å²) in [6.07, 6.45) is 0. The highest BCUT2D eigenvalue weighted by Crippen LogP contribution is 2.42. The van der Waals surface area contributed by atoms with Gasteiger partial charge in [-0.25, -0.2) is 0 Å². The van der Waals surface area contributed by atoms with Crippen LogP contribution in [-0.4, -0.2) is 54.7 Å². The van der Waals surface area contributed by atoms with Gasteiger partial charge in [0, 0.05) is 43.9 Å². The maximum absolute atomic E-state index is 13.8. The van der Waals surface area contributed by atoms with Crippen molar-refractivity contribution >= 4 is 11.6 Å². The number of carbonyl (C=O) groups excluding carboxylic acids is 2. The largest absolute Gasteiger partial charge is 0.497 e. The third-order valence-electron chi connectivity index (χ3n) is 6.65. The molecule has 0 bridgehead atoms. The topological polar surface area (TPSA) is 49.9 Å². The van der Waals surface area contributed by atoms with E-state index in [1.165, 1.54) is 5.56 Å². The van der Waals surface area contributed by atoms with Crippen LogP contribution in [0.4, 0.5) is 0 Å². The normalized spacial score (nSPS) is 18.5. The van der Waals surface area contributed by atoms with E-state index in [2.05, 4.69) is 21.9 Å². The van der Waals surface area contributed by atoms with E-state index in [9.17, 15) is 9.59 Å². The van der Waals surface area contributed by atoms with Crippen LogP contribution in [0.25, 0.3) is 0 Å². The number of Topliss-reactive ketones (excluding diaryl/α,β-unsaturated/α-hetero) is 2. The van der Waals surface area contributed by atoms with Gasteiger partial charge in [0.15, 0.2) is 17.1 Å². The number of carbonyl (C=O) groups is 2. The second-order valence-electron chi connectivity index (χ2n) is 8.39. The van der Waals surface area contributed by atoms with Crippen LogP contribution in [0.3, 0.4) is 0 Å². The summed E-state index contributed by atoms with van der Waals surface area (Å²) in [5.74, 6) is 0.639. The molecule has 5 heteroatoms. The van der Waals surface area contributed by atoms with Gasteiger partial charge in [-0.2, -0.15) is 0 Å². The number of benzene rings is 3. The van der Waals surface area contributed by atoms with Crippen molar-refractivity contribution in [3.63, 3.8) is 0 Å². The number of methoxy groups -OCH3 is 1. The van der Waals surface area contributed by atoms with E-state index in [-0.39, 0.29) is 11.6 Å². The third kappa shape index (κ3) is 3.25. The fourth-order valence-corrected chi connectivity index (χ4v) is 5.05. The second kappa shape index (κ2) is 8.34. The first-order valence-corrected chi connectivity index (χ1v) is 11.0. The summed E-state index contributed by atoms with van der Waals surface area (Å²) < 4.78 is 5.34. The molecule has 1 aliphatic heterocycles. The molecule has 5 nitrogen and oxygen atoms in total. The van der Waals surface area contributed by atoms with Gasteiger partial charge >= 0.3 is 0 Å². The minimum Gasteiger partial charge on any atom is -0.497 e. The molecule has 0 N–H and O–H groups in total. The van der Waals surface area contributed by atoms with Crippen LogP contribution in [0, 0.1) is 0 Å². The Bertz CT molecular complexity index is 1120. The molecule has 1 fully saturated rings. The van der Waals surface area contributed by atoms with Gasteiger partial charge in [-0.05, 0) is 23.3 Å². The zero-order valence-electron chi connectivity index (χ0n) is 18.2. The molecular formula is C27H26N2O3. The Labute approximate surface area is 188 Å². The van der Waals surface area contributed by atoms with Gasteiger partial charge in [-0.15, -0.1) is 0 Å². The SMILES string of the molecule is COc1cccc(CN2CCN(C3(c4ccccc4)C(=O)c4ccccc4C3=O)CC2)c1. The Morgan fingerprint density at radius 3 is 2.03 bits per heavy atom. The van der Waals surface area contributed by atoms with Gasteiger partial charge in [0.1, 0.15) is 5.75 Å². The zero-order chi connectivity index (χ0) is 22.1. The number of fused-ring (bicyclic) bond motifs is 1. The molecule has 1 saturated heterocycles. The molecule has 1 heterocycles. The predicted molar refractivity (Wildman–Crippen MR) is 123 cm³/mol. The number of piperazine rings is 1. The number of rotatable bonds is 5. The average molecular weight is 427 g/mol. The van der Waals surface area contributed by atoms with Crippen molar-refractivity contribution in [2.45, 2.75) is 12.1 Å². The molecule has 1 aliphatic carbocycles. The molecule has 5 rings (SSSR count). The fraction of sp³-hybridized carbons (Fsp3) is 0.259. The van der Waals surface area contributed by atoms with Crippen LogP contribution < -0.4 is 4.74 Å². The summed E-state index contributed by atoms with van der Waals surface area (Å²) in [7, 11) is 1.68. The van der Waals surface area contributed by atoms with Gasteiger partial charge in [-0.1, -0.05) is 66.7 Å². The molecule has 0 unspecified atom stereocenters. The minimum atomic E-state index is -1.27. The number of nitrogens with zero attached hydrogens (tertiary/aromatic N) is 2. The molecule has 0 saturated carbocycles. The summed E-state index contributed by atoms with van der Waals surface area (Å²) >= 11 is 0. The first-order chi connectivity index (χ1) is 15.6. The van der Waals surface area contributed by atoms with Crippen molar-refractivity contribution in [1.82, 2.24) is 9.80 Å². The molecule has 0 radical (unpaired) electrons. The summed E-state index contributed by atoms with van der Waals surface area (Å²) in [5.41, 5.74) is 1.73. The van der Waals surface area contributed by atoms with Crippen molar-refractivity contribution < 1.29 is 14.3 Å². The number of hydrogen-bond acceptors (Lipinski definition) is 5. The highest BCUT2D eigenvalue weighted by atomic mass is 16.5. The summed E-state index contributed by atoms with van der Waals surface area (Å²) in [6.45, 7) is 3.66. The van der Waals surface area contributed by atoms with Crippen molar-refractivity contribution in [1.29, 1.82) is 0 Å². The van der Waals surface area contributed by atoms with E-state index in [0.717, 1.165) is 30.9 Å². The third-order valence-corrected chi connectivity index (χ3v) is 6.65. The molecule has 0 atom stereocenters. The van der Waals surface area contributed by atoms with Crippen molar-refractivity contribution in [3.8, 4) is 5.75 Å². The Morgan fingerprint density at radius 1 is 0.781 bits per heavy atom. The lowest BCUT2D eigenvalue weighted by Crippen LogP contribution is -2.60. The lowest BCUT2D eigenvalue weighted by molar-refractivity contribution is 0.0279. The van der Waals surface area contributed by atoms with E-state index in [0.29, 0.717) is 24.2 Å². The molecule has 0 amide bonds. The zero-order valence-corrected chi connectivity index (χ0v) is 18.2. The van der Waals surface area contributed by atoms with Crippen LogP contribution in [0.1, 0.15) is 31.8 Å². The highest BCUT2D eigenvalue weighted by molar-refractivity contribution is 6.32. The Morgan fingerprint density at radius 2 is 1.41 bits per heavy atom. The van der Waals surface area contributed by atoms with Gasteiger partial charge < -0.3 is 4.74 Å². The van der Waals surface area contributed by atoms with Gasteiger partial charge in [-0.3, -0.25) is 19.4 Å². The molecule has 3 aromatic rings. The van der Waals surface area contributed by atoms with Crippen molar-refractivity contribution in [2.24, 2.45) is 0 Å². The van der Waals surface area contributed by atoms with Gasteiger partial charge in [0.25, 0.3) is 0 Å². The van der Waals surface area contributed by atoms with Crippen LogP contribution in [0.2, 0.25) is 0 Å². The van der Waals surface area contributed by atoms with Crippen LogP contribution in [0.15, 0.2) is 78.9 Å². The lowest BCUT2D eigenvalue weighted by Gasteiger charge is -2.44. The van der Waals surface area contributed by atoms with E-state index >= 15 is 0 Å². The van der Waals surface area contributed by atoms with Gasteiger partial charge in [0.2, 0.25) is 0 Å². The standard InChI is InChI=1S/C27H26N2O3/c1-32-22-11-7-8-20(18-22)19-28-14-16-29(17-15-28)27(21-9-3-2-4-10-21)25(30)23-12-5-6-13-24(23)26(27)31/h2-13,18H,14-17,19H2,1H3. The Kier molecular flexibility index (Phi) is 5.37. The molecule has 3 aromatic carbocycles. The quantitative estimate of drug-likeness (QED) is 0.581. The van der Waals surface area contributed by atoms with E-state index in [1.807, 2.05) is 54.6 Å². The molecule has 0 aromatic heterocycles. The lowest BCUT2D eigenvalue weighted by atomic mass is 9.82. The minimum absolute atomic E-state index is 0.106. The molecule has 2 aliphatic rings. The summed E-state index contributed by atoms with van der Waals surface area (Å²) in [4.78, 5) is 32.0. The van der Waals surface area contributed by atoms with Crippen LogP contribution in [-0.2, 0) is 12.1 Å².